The van der Waals surface area contributed by atoms with E-state index in [-0.39, 0.29) is 5.91 Å². The van der Waals surface area contributed by atoms with E-state index in [1.807, 2.05) is 67.6 Å². The summed E-state index contributed by atoms with van der Waals surface area (Å²) in [5.74, 6) is 2.68. The summed E-state index contributed by atoms with van der Waals surface area (Å²) in [7, 11) is 0. The van der Waals surface area contributed by atoms with Gasteiger partial charge >= 0.3 is 0 Å². The summed E-state index contributed by atoms with van der Waals surface area (Å²) >= 11 is 0. The average molecular weight is 473 g/mol. The van der Waals surface area contributed by atoms with Gasteiger partial charge in [-0.25, -0.2) is 0 Å². The Labute approximate surface area is 203 Å². The first-order chi connectivity index (χ1) is 17.2. The molecule has 0 saturated heterocycles. The maximum Gasteiger partial charge on any atom is 0.251 e. The highest BCUT2D eigenvalue weighted by Gasteiger charge is 2.23. The van der Waals surface area contributed by atoms with Crippen molar-refractivity contribution in [1.29, 1.82) is 0 Å². The first-order valence-electron chi connectivity index (χ1n) is 11.9. The van der Waals surface area contributed by atoms with Crippen LogP contribution in [0, 0.1) is 0 Å². The number of rotatable bonds is 11. The molecule has 0 spiro atoms. The monoisotopic (exact) mass is 472 g/mol. The summed E-state index contributed by atoms with van der Waals surface area (Å²) in [5, 5.41) is 7.18. The Morgan fingerprint density at radius 3 is 2.54 bits per heavy atom. The lowest BCUT2D eigenvalue weighted by atomic mass is 10.1. The lowest BCUT2D eigenvalue weighted by Gasteiger charge is -2.19. The molecule has 8 nitrogen and oxygen atoms in total. The van der Waals surface area contributed by atoms with Crippen molar-refractivity contribution in [3.05, 3.63) is 89.7 Å². The lowest BCUT2D eigenvalue weighted by Crippen LogP contribution is -2.25. The summed E-state index contributed by atoms with van der Waals surface area (Å²) in [5.41, 5.74) is 2.61. The molecule has 180 valence electrons. The molecule has 2 aromatic heterocycles. The number of furan rings is 1. The Kier molecular flexibility index (Phi) is 6.90. The van der Waals surface area contributed by atoms with E-state index in [0.717, 1.165) is 35.5 Å². The fourth-order valence-corrected chi connectivity index (χ4v) is 3.80. The number of carbonyl (C=O) groups excluding carboxylic acids is 1. The highest BCUT2D eigenvalue weighted by Crippen LogP contribution is 2.22. The molecule has 1 amide bonds. The zero-order valence-corrected chi connectivity index (χ0v) is 19.6. The van der Waals surface area contributed by atoms with E-state index in [1.165, 1.54) is 0 Å². The molecule has 35 heavy (non-hydrogen) atoms. The van der Waals surface area contributed by atoms with Crippen LogP contribution in [0.25, 0.3) is 11.4 Å². The fraction of sp³-hybridized carbons (Fsp3) is 0.296. The van der Waals surface area contributed by atoms with Crippen molar-refractivity contribution < 1.29 is 18.5 Å². The van der Waals surface area contributed by atoms with Crippen LogP contribution in [0.4, 0.5) is 0 Å². The van der Waals surface area contributed by atoms with E-state index in [2.05, 4.69) is 20.4 Å². The molecule has 1 aliphatic carbocycles. The summed E-state index contributed by atoms with van der Waals surface area (Å²) in [6.45, 7) is 4.24. The predicted octanol–water partition coefficient (Wildman–Crippen LogP) is 4.82. The van der Waals surface area contributed by atoms with E-state index < -0.39 is 0 Å². The number of carbonyl (C=O) groups is 1. The van der Waals surface area contributed by atoms with Crippen molar-refractivity contribution in [1.82, 2.24) is 20.4 Å². The number of ether oxygens (including phenoxy) is 1. The Balaban J connectivity index is 1.27. The van der Waals surface area contributed by atoms with Gasteiger partial charge < -0.3 is 19.0 Å². The summed E-state index contributed by atoms with van der Waals surface area (Å²) in [6.07, 6.45) is 3.81. The van der Waals surface area contributed by atoms with Crippen LogP contribution in [-0.4, -0.2) is 33.6 Å². The number of amides is 1. The molecule has 4 aromatic rings. The molecule has 5 rings (SSSR count). The molecule has 0 bridgehead atoms. The molecule has 1 fully saturated rings. The van der Waals surface area contributed by atoms with E-state index >= 15 is 0 Å². The van der Waals surface area contributed by atoms with Crippen LogP contribution in [0.1, 0.15) is 47.3 Å². The van der Waals surface area contributed by atoms with Gasteiger partial charge in [0.2, 0.25) is 11.7 Å². The standard InChI is InChI=1S/C27H28N4O4/c1-2-33-23-13-9-20(10-14-23)26-29-25(35-30-26)18-31(17-24-4-3-15-34-24)16-19-5-7-21(8-6-19)27(32)28-22-11-12-22/h3-10,13-15,22H,2,11-12,16-18H2,1H3,(H,28,32). The second-order valence-corrected chi connectivity index (χ2v) is 8.64. The van der Waals surface area contributed by atoms with Crippen LogP contribution in [0.3, 0.4) is 0 Å². The van der Waals surface area contributed by atoms with Crippen LogP contribution >= 0.6 is 0 Å². The normalized spacial score (nSPS) is 13.2. The van der Waals surface area contributed by atoms with E-state index in [9.17, 15) is 4.79 Å². The maximum absolute atomic E-state index is 12.3. The number of aromatic nitrogens is 2. The Hall–Kier alpha value is -3.91. The van der Waals surface area contributed by atoms with Crippen molar-refractivity contribution >= 4 is 5.91 Å². The third-order valence-corrected chi connectivity index (χ3v) is 5.74. The summed E-state index contributed by atoms with van der Waals surface area (Å²) in [4.78, 5) is 19.0. The minimum absolute atomic E-state index is 0.0147. The summed E-state index contributed by atoms with van der Waals surface area (Å²) < 4.78 is 16.6. The molecule has 2 aromatic carbocycles. The SMILES string of the molecule is CCOc1ccc(-c2noc(CN(Cc3ccc(C(=O)NC4CC4)cc3)Cc3ccco3)n2)cc1. The molecule has 0 unspecified atom stereocenters. The van der Waals surface area contributed by atoms with Crippen molar-refractivity contribution in [2.24, 2.45) is 0 Å². The van der Waals surface area contributed by atoms with Crippen molar-refractivity contribution in [2.45, 2.75) is 45.4 Å². The highest BCUT2D eigenvalue weighted by molar-refractivity contribution is 5.94. The Bertz CT molecular complexity index is 1230. The fourth-order valence-electron chi connectivity index (χ4n) is 3.80. The molecule has 0 radical (unpaired) electrons. The molecule has 1 saturated carbocycles. The van der Waals surface area contributed by atoms with Crippen LogP contribution < -0.4 is 10.1 Å². The van der Waals surface area contributed by atoms with Crippen molar-refractivity contribution in [2.75, 3.05) is 6.61 Å². The lowest BCUT2D eigenvalue weighted by molar-refractivity contribution is 0.0951. The molecule has 1 aliphatic rings. The molecule has 0 atom stereocenters. The topological polar surface area (TPSA) is 93.6 Å². The number of hydrogen-bond donors (Lipinski definition) is 1. The quantitative estimate of drug-likeness (QED) is 0.334. The van der Waals surface area contributed by atoms with Crippen molar-refractivity contribution in [3.63, 3.8) is 0 Å². The Morgan fingerprint density at radius 1 is 1.06 bits per heavy atom. The third kappa shape index (κ3) is 6.16. The van der Waals surface area contributed by atoms with E-state index in [1.54, 1.807) is 6.26 Å². The number of benzene rings is 2. The summed E-state index contributed by atoms with van der Waals surface area (Å²) in [6, 6.07) is 19.5. The predicted molar refractivity (Wildman–Crippen MR) is 129 cm³/mol. The van der Waals surface area contributed by atoms with Gasteiger partial charge in [0.25, 0.3) is 5.91 Å². The van der Waals surface area contributed by atoms with Crippen LogP contribution in [0.5, 0.6) is 5.75 Å². The van der Waals surface area contributed by atoms with Crippen LogP contribution in [0.2, 0.25) is 0 Å². The highest BCUT2D eigenvalue weighted by atomic mass is 16.5. The van der Waals surface area contributed by atoms with Gasteiger partial charge in [-0.2, -0.15) is 4.98 Å². The first-order valence-corrected chi connectivity index (χ1v) is 11.9. The minimum Gasteiger partial charge on any atom is -0.494 e. The van der Waals surface area contributed by atoms with Gasteiger partial charge in [0.05, 0.1) is 26.0 Å². The zero-order valence-electron chi connectivity index (χ0n) is 19.6. The minimum atomic E-state index is -0.0147. The zero-order chi connectivity index (χ0) is 24.0. The van der Waals surface area contributed by atoms with Crippen LogP contribution in [0.15, 0.2) is 75.9 Å². The molecular weight excluding hydrogens is 444 g/mol. The van der Waals surface area contributed by atoms with Crippen LogP contribution in [-0.2, 0) is 19.6 Å². The van der Waals surface area contributed by atoms with Crippen molar-refractivity contribution in [3.8, 4) is 17.1 Å². The second-order valence-electron chi connectivity index (χ2n) is 8.64. The second kappa shape index (κ2) is 10.6. The number of nitrogens with one attached hydrogen (secondary N) is 1. The molecular formula is C27H28N4O4. The van der Waals surface area contributed by atoms with Gasteiger partial charge in [-0.15, -0.1) is 0 Å². The first kappa shape index (κ1) is 22.9. The van der Waals surface area contributed by atoms with Gasteiger partial charge in [0.1, 0.15) is 11.5 Å². The van der Waals surface area contributed by atoms with Gasteiger partial charge in [-0.3, -0.25) is 9.69 Å². The van der Waals surface area contributed by atoms with Gasteiger partial charge in [-0.05, 0) is 73.9 Å². The average Bonchev–Trinajstić information content (AvgIpc) is 3.32. The molecule has 1 N–H and O–H groups in total. The number of hydrogen-bond acceptors (Lipinski definition) is 7. The molecule has 0 aliphatic heterocycles. The van der Waals surface area contributed by atoms with Gasteiger partial charge in [0.15, 0.2) is 0 Å². The maximum atomic E-state index is 12.3. The smallest absolute Gasteiger partial charge is 0.251 e. The number of nitrogens with zero attached hydrogens (tertiary/aromatic N) is 3. The molecule has 8 heteroatoms. The van der Waals surface area contributed by atoms with E-state index in [0.29, 0.717) is 49.6 Å². The largest absolute Gasteiger partial charge is 0.494 e. The third-order valence-electron chi connectivity index (χ3n) is 5.74. The van der Waals surface area contributed by atoms with E-state index in [4.69, 9.17) is 13.7 Å². The van der Waals surface area contributed by atoms with Gasteiger partial charge in [-0.1, -0.05) is 17.3 Å². The van der Waals surface area contributed by atoms with Gasteiger partial charge in [0, 0.05) is 23.7 Å². The molecule has 2 heterocycles. The Morgan fingerprint density at radius 2 is 1.86 bits per heavy atom.